The van der Waals surface area contributed by atoms with Crippen LogP contribution in [0.15, 0.2) is 54.6 Å². The summed E-state index contributed by atoms with van der Waals surface area (Å²) in [6, 6.07) is 13.3. The molecule has 0 atom stereocenters. The maximum atomic E-state index is 13.8. The van der Waals surface area contributed by atoms with E-state index < -0.39 is 0 Å². The minimum atomic E-state index is -0.162. The van der Waals surface area contributed by atoms with Gasteiger partial charge < -0.3 is 9.47 Å². The van der Waals surface area contributed by atoms with Gasteiger partial charge in [-0.15, -0.1) is 0 Å². The molecule has 0 saturated heterocycles. The molecular weight excluding hydrogens is 435 g/mol. The van der Waals surface area contributed by atoms with Crippen molar-refractivity contribution >= 4 is 0 Å². The highest BCUT2D eigenvalue weighted by atomic mass is 19.1. The predicted molar refractivity (Wildman–Crippen MR) is 146 cm³/mol. The highest BCUT2D eigenvalue weighted by molar-refractivity contribution is 5.64. The number of hydrogen-bond acceptors (Lipinski definition) is 2. The van der Waals surface area contributed by atoms with Crippen LogP contribution in [-0.4, -0.2) is 19.8 Å². The van der Waals surface area contributed by atoms with Gasteiger partial charge in [-0.05, 0) is 86.3 Å². The summed E-state index contributed by atoms with van der Waals surface area (Å²) in [5, 5.41) is 0. The first-order valence-electron chi connectivity index (χ1n) is 13.9. The SMILES string of the molecule is C=C1CCC(COCCCCCCCCCCCOc2ccc(-c3ccc(C)c(F)c3)cc2)CC1. The van der Waals surface area contributed by atoms with Crippen LogP contribution in [0.25, 0.3) is 11.1 Å². The third-order valence-corrected chi connectivity index (χ3v) is 7.23. The smallest absolute Gasteiger partial charge is 0.126 e. The van der Waals surface area contributed by atoms with E-state index >= 15 is 0 Å². The maximum absolute atomic E-state index is 13.8. The van der Waals surface area contributed by atoms with Crippen molar-refractivity contribution in [3.05, 3.63) is 66.0 Å². The van der Waals surface area contributed by atoms with Gasteiger partial charge in [0.1, 0.15) is 11.6 Å². The quantitative estimate of drug-likeness (QED) is 0.176. The van der Waals surface area contributed by atoms with E-state index in [2.05, 4.69) is 6.58 Å². The Hall–Kier alpha value is -2.13. The van der Waals surface area contributed by atoms with Crippen molar-refractivity contribution in [2.24, 2.45) is 5.92 Å². The summed E-state index contributed by atoms with van der Waals surface area (Å²) in [4.78, 5) is 0. The van der Waals surface area contributed by atoms with E-state index in [0.29, 0.717) is 5.56 Å². The fourth-order valence-corrected chi connectivity index (χ4v) is 4.75. The van der Waals surface area contributed by atoms with Crippen LogP contribution in [0.4, 0.5) is 4.39 Å². The van der Waals surface area contributed by atoms with Gasteiger partial charge >= 0.3 is 0 Å². The Bertz CT molecular complexity index is 864. The molecule has 1 fully saturated rings. The summed E-state index contributed by atoms with van der Waals surface area (Å²) in [5.74, 6) is 1.49. The lowest BCUT2D eigenvalue weighted by Crippen LogP contribution is -2.14. The molecule has 1 saturated carbocycles. The van der Waals surface area contributed by atoms with E-state index in [9.17, 15) is 4.39 Å². The third kappa shape index (κ3) is 10.6. The van der Waals surface area contributed by atoms with Gasteiger partial charge in [-0.2, -0.15) is 0 Å². The highest BCUT2D eigenvalue weighted by Gasteiger charge is 2.15. The second kappa shape index (κ2) is 15.8. The Labute approximate surface area is 212 Å². The van der Waals surface area contributed by atoms with Crippen LogP contribution >= 0.6 is 0 Å². The number of hydrogen-bond donors (Lipinski definition) is 0. The summed E-state index contributed by atoms with van der Waals surface area (Å²) in [6.45, 7) is 8.52. The molecule has 0 aliphatic heterocycles. The predicted octanol–water partition coefficient (Wildman–Crippen LogP) is 9.45. The molecule has 192 valence electrons. The van der Waals surface area contributed by atoms with Gasteiger partial charge in [-0.1, -0.05) is 81.4 Å². The molecule has 1 aliphatic rings. The van der Waals surface area contributed by atoms with Crippen LogP contribution in [0.1, 0.15) is 89.0 Å². The van der Waals surface area contributed by atoms with E-state index in [-0.39, 0.29) is 5.82 Å². The summed E-state index contributed by atoms with van der Waals surface area (Å²) >= 11 is 0. The van der Waals surface area contributed by atoms with Crippen molar-refractivity contribution in [3.63, 3.8) is 0 Å². The molecule has 3 rings (SSSR count). The van der Waals surface area contributed by atoms with Gasteiger partial charge in [0.15, 0.2) is 0 Å². The lowest BCUT2D eigenvalue weighted by atomic mass is 9.87. The first kappa shape index (κ1) is 27.5. The van der Waals surface area contributed by atoms with Crippen molar-refractivity contribution in [1.29, 1.82) is 0 Å². The van der Waals surface area contributed by atoms with Gasteiger partial charge in [0.2, 0.25) is 0 Å². The Kier molecular flexibility index (Phi) is 12.4. The number of halogens is 1. The Morgan fingerprint density at radius 1 is 0.771 bits per heavy atom. The fourth-order valence-electron chi connectivity index (χ4n) is 4.75. The Morgan fingerprint density at radius 2 is 1.34 bits per heavy atom. The second-order valence-electron chi connectivity index (χ2n) is 10.3. The van der Waals surface area contributed by atoms with Crippen molar-refractivity contribution in [1.82, 2.24) is 0 Å². The first-order valence-corrected chi connectivity index (χ1v) is 13.9. The molecular formula is C32H45FO2. The average molecular weight is 481 g/mol. The number of unbranched alkanes of at least 4 members (excludes halogenated alkanes) is 8. The van der Waals surface area contributed by atoms with E-state index in [4.69, 9.17) is 9.47 Å². The zero-order valence-corrected chi connectivity index (χ0v) is 21.8. The minimum Gasteiger partial charge on any atom is -0.494 e. The standard InChI is InChI=1S/C32H45FO2/c1-26-12-15-28(16-13-26)25-34-22-10-8-6-4-3-5-7-9-11-23-35-31-20-18-29(19-21-31)30-17-14-27(2)32(33)24-30/h14,17-21,24,28H,1,3-13,15-16,22-23,25H2,2H3. The lowest BCUT2D eigenvalue weighted by molar-refractivity contribution is 0.0866. The van der Waals surface area contributed by atoms with Crippen LogP contribution in [0.2, 0.25) is 0 Å². The molecule has 1 aliphatic carbocycles. The fraction of sp³-hybridized carbons (Fsp3) is 0.562. The van der Waals surface area contributed by atoms with Gasteiger partial charge in [-0.25, -0.2) is 4.39 Å². The number of allylic oxidation sites excluding steroid dienone is 1. The lowest BCUT2D eigenvalue weighted by Gasteiger charge is -2.23. The molecule has 0 heterocycles. The molecule has 0 N–H and O–H groups in total. The molecule has 3 heteroatoms. The number of aryl methyl sites for hydroxylation is 1. The van der Waals surface area contributed by atoms with Crippen molar-refractivity contribution in [2.45, 2.75) is 90.4 Å². The number of rotatable bonds is 16. The largest absolute Gasteiger partial charge is 0.494 e. The minimum absolute atomic E-state index is 0.162. The van der Waals surface area contributed by atoms with Crippen molar-refractivity contribution in [2.75, 3.05) is 19.8 Å². The topological polar surface area (TPSA) is 18.5 Å². The molecule has 0 aromatic heterocycles. The van der Waals surface area contributed by atoms with E-state index in [1.54, 1.807) is 13.0 Å². The van der Waals surface area contributed by atoms with Crippen LogP contribution in [0.3, 0.4) is 0 Å². The second-order valence-corrected chi connectivity index (χ2v) is 10.3. The first-order chi connectivity index (χ1) is 17.1. The molecule has 0 bridgehead atoms. The van der Waals surface area contributed by atoms with Gasteiger partial charge in [0, 0.05) is 13.2 Å². The number of ether oxygens (including phenoxy) is 2. The number of benzene rings is 2. The van der Waals surface area contributed by atoms with E-state index in [1.807, 2.05) is 36.4 Å². The highest BCUT2D eigenvalue weighted by Crippen LogP contribution is 2.27. The maximum Gasteiger partial charge on any atom is 0.126 e. The monoisotopic (exact) mass is 480 g/mol. The molecule has 2 nitrogen and oxygen atoms in total. The summed E-state index contributed by atoms with van der Waals surface area (Å²) in [7, 11) is 0. The van der Waals surface area contributed by atoms with Crippen LogP contribution < -0.4 is 4.74 Å². The Morgan fingerprint density at radius 3 is 1.97 bits per heavy atom. The molecule has 0 amide bonds. The van der Waals surface area contributed by atoms with Gasteiger partial charge in [-0.3, -0.25) is 0 Å². The molecule has 0 radical (unpaired) electrons. The van der Waals surface area contributed by atoms with Gasteiger partial charge in [0.05, 0.1) is 6.61 Å². The third-order valence-electron chi connectivity index (χ3n) is 7.23. The normalized spacial score (nSPS) is 14.4. The van der Waals surface area contributed by atoms with Crippen LogP contribution in [0.5, 0.6) is 5.75 Å². The summed E-state index contributed by atoms with van der Waals surface area (Å²) < 4.78 is 25.6. The zero-order valence-electron chi connectivity index (χ0n) is 21.8. The Balaban J connectivity index is 1.11. The van der Waals surface area contributed by atoms with Crippen LogP contribution in [0, 0.1) is 18.7 Å². The zero-order chi connectivity index (χ0) is 24.7. The molecule has 35 heavy (non-hydrogen) atoms. The van der Waals surface area contributed by atoms with Crippen molar-refractivity contribution in [3.8, 4) is 16.9 Å². The summed E-state index contributed by atoms with van der Waals surface area (Å²) in [5.41, 5.74) is 4.01. The van der Waals surface area contributed by atoms with E-state index in [0.717, 1.165) is 49.0 Å². The average Bonchev–Trinajstić information content (AvgIpc) is 2.87. The molecule has 2 aromatic rings. The summed E-state index contributed by atoms with van der Waals surface area (Å²) in [6.07, 6.45) is 16.4. The van der Waals surface area contributed by atoms with Gasteiger partial charge in [0.25, 0.3) is 0 Å². The van der Waals surface area contributed by atoms with Crippen molar-refractivity contribution < 1.29 is 13.9 Å². The van der Waals surface area contributed by atoms with E-state index in [1.165, 1.54) is 82.6 Å². The molecule has 0 unspecified atom stereocenters. The molecule has 2 aromatic carbocycles. The molecule has 0 spiro atoms. The van der Waals surface area contributed by atoms with Crippen LogP contribution in [-0.2, 0) is 4.74 Å².